The molecule has 0 spiro atoms. The topological polar surface area (TPSA) is 47.3 Å². The molecule has 3 N–H and O–H groups in total. The molecule has 2 aromatic rings. The Bertz CT molecular complexity index is 519. The molecule has 0 saturated carbocycles. The van der Waals surface area contributed by atoms with Gasteiger partial charge in [-0.15, -0.1) is 11.3 Å². The molecule has 0 bridgehead atoms. The van der Waals surface area contributed by atoms with Gasteiger partial charge >= 0.3 is 0 Å². The van der Waals surface area contributed by atoms with Gasteiger partial charge in [0.15, 0.2) is 0 Å². The van der Waals surface area contributed by atoms with Crippen LogP contribution in [0.3, 0.4) is 0 Å². The average Bonchev–Trinajstić information content (AvgIpc) is 2.85. The second kappa shape index (κ2) is 5.36. The van der Waals surface area contributed by atoms with Crippen molar-refractivity contribution in [3.63, 3.8) is 0 Å². The molecule has 18 heavy (non-hydrogen) atoms. The summed E-state index contributed by atoms with van der Waals surface area (Å²) in [6, 6.07) is 8.77. The van der Waals surface area contributed by atoms with Crippen molar-refractivity contribution in [1.82, 2.24) is 5.43 Å². The minimum absolute atomic E-state index is 0.241. The van der Waals surface area contributed by atoms with Gasteiger partial charge in [-0.3, -0.25) is 11.3 Å². The minimum Gasteiger partial charge on any atom is -0.381 e. The highest BCUT2D eigenvalue weighted by molar-refractivity contribution is 7.17. The molecule has 0 aliphatic carbocycles. The maximum absolute atomic E-state index is 5.80. The number of nitrogens with two attached hydrogens (primary N) is 1. The fraction of sp³-hybridized carbons (Fsp3) is 0.429. The van der Waals surface area contributed by atoms with Gasteiger partial charge in [0.05, 0.1) is 6.04 Å². The summed E-state index contributed by atoms with van der Waals surface area (Å²) in [4.78, 5) is 0. The van der Waals surface area contributed by atoms with Gasteiger partial charge in [-0.1, -0.05) is 18.2 Å². The van der Waals surface area contributed by atoms with E-state index in [1.807, 2.05) is 0 Å². The van der Waals surface area contributed by atoms with Gasteiger partial charge in [-0.05, 0) is 41.2 Å². The molecule has 1 unspecified atom stereocenters. The number of rotatable bonds is 3. The van der Waals surface area contributed by atoms with Gasteiger partial charge in [0.1, 0.15) is 0 Å². The number of fused-ring (bicyclic) bond motifs is 1. The van der Waals surface area contributed by atoms with Crippen molar-refractivity contribution in [2.75, 3.05) is 13.2 Å². The van der Waals surface area contributed by atoms with E-state index in [-0.39, 0.29) is 6.04 Å². The Morgan fingerprint density at radius 1 is 1.28 bits per heavy atom. The first kappa shape index (κ1) is 12.1. The van der Waals surface area contributed by atoms with E-state index in [0.717, 1.165) is 26.1 Å². The Balaban J connectivity index is 1.95. The minimum atomic E-state index is 0.241. The number of hydrogen-bond acceptors (Lipinski definition) is 4. The van der Waals surface area contributed by atoms with Crippen molar-refractivity contribution in [2.24, 2.45) is 11.8 Å². The predicted molar refractivity (Wildman–Crippen MR) is 75.4 cm³/mol. The van der Waals surface area contributed by atoms with Crippen LogP contribution in [-0.4, -0.2) is 13.2 Å². The fourth-order valence-corrected chi connectivity index (χ4v) is 3.77. The summed E-state index contributed by atoms with van der Waals surface area (Å²) in [6.07, 6.45) is 2.16. The first-order chi connectivity index (χ1) is 8.90. The fourth-order valence-electron chi connectivity index (χ4n) is 2.77. The third kappa shape index (κ3) is 2.17. The SMILES string of the molecule is NNC(c1csc2ccccc12)C1CCOCC1. The normalized spacial score (nSPS) is 19.2. The molecule has 3 nitrogen and oxygen atoms in total. The molecular weight excluding hydrogens is 244 g/mol. The van der Waals surface area contributed by atoms with E-state index in [2.05, 4.69) is 35.1 Å². The van der Waals surface area contributed by atoms with Gasteiger partial charge in [0.25, 0.3) is 0 Å². The second-order valence-corrected chi connectivity index (χ2v) is 5.69. The van der Waals surface area contributed by atoms with Gasteiger partial charge in [-0.2, -0.15) is 0 Å². The van der Waals surface area contributed by atoms with Crippen LogP contribution in [-0.2, 0) is 4.74 Å². The van der Waals surface area contributed by atoms with Crippen LogP contribution >= 0.6 is 11.3 Å². The first-order valence-corrected chi connectivity index (χ1v) is 7.28. The van der Waals surface area contributed by atoms with E-state index in [9.17, 15) is 0 Å². The van der Waals surface area contributed by atoms with Gasteiger partial charge in [0, 0.05) is 17.9 Å². The molecule has 1 aromatic heterocycles. The highest BCUT2D eigenvalue weighted by Gasteiger charge is 2.26. The summed E-state index contributed by atoms with van der Waals surface area (Å²) in [5, 5.41) is 3.57. The second-order valence-electron chi connectivity index (χ2n) is 4.78. The van der Waals surface area contributed by atoms with Crippen LogP contribution in [0.1, 0.15) is 24.4 Å². The van der Waals surface area contributed by atoms with E-state index in [1.54, 1.807) is 11.3 Å². The summed E-state index contributed by atoms with van der Waals surface area (Å²) in [6.45, 7) is 1.70. The van der Waals surface area contributed by atoms with Crippen molar-refractivity contribution < 1.29 is 4.74 Å². The highest BCUT2D eigenvalue weighted by Crippen LogP contribution is 2.36. The number of hydrogen-bond donors (Lipinski definition) is 2. The van der Waals surface area contributed by atoms with Crippen molar-refractivity contribution in [3.05, 3.63) is 35.2 Å². The molecule has 1 aliphatic rings. The lowest BCUT2D eigenvalue weighted by atomic mass is 9.87. The smallest absolute Gasteiger partial charge is 0.0504 e. The van der Waals surface area contributed by atoms with Crippen molar-refractivity contribution in [1.29, 1.82) is 0 Å². The van der Waals surface area contributed by atoms with Crippen LogP contribution in [0.25, 0.3) is 10.1 Å². The Labute approximate surface area is 111 Å². The quantitative estimate of drug-likeness (QED) is 0.660. The van der Waals surface area contributed by atoms with Gasteiger partial charge < -0.3 is 4.74 Å². The molecule has 1 aromatic carbocycles. The lowest BCUT2D eigenvalue weighted by Crippen LogP contribution is -2.36. The van der Waals surface area contributed by atoms with E-state index >= 15 is 0 Å². The number of benzene rings is 1. The van der Waals surface area contributed by atoms with Crippen LogP contribution in [0.2, 0.25) is 0 Å². The van der Waals surface area contributed by atoms with Crippen molar-refractivity contribution >= 4 is 21.4 Å². The summed E-state index contributed by atoms with van der Waals surface area (Å²) in [5.41, 5.74) is 4.36. The predicted octanol–water partition coefficient (Wildman–Crippen LogP) is 2.83. The van der Waals surface area contributed by atoms with Crippen molar-refractivity contribution in [3.8, 4) is 0 Å². The van der Waals surface area contributed by atoms with Gasteiger partial charge in [0.2, 0.25) is 0 Å². The van der Waals surface area contributed by atoms with Crippen LogP contribution in [0.5, 0.6) is 0 Å². The Kier molecular flexibility index (Phi) is 3.61. The van der Waals surface area contributed by atoms with Crippen molar-refractivity contribution in [2.45, 2.75) is 18.9 Å². The summed E-state index contributed by atoms with van der Waals surface area (Å²) >= 11 is 1.79. The monoisotopic (exact) mass is 262 g/mol. The Morgan fingerprint density at radius 2 is 2.06 bits per heavy atom. The van der Waals surface area contributed by atoms with Crippen LogP contribution in [0.15, 0.2) is 29.6 Å². The van der Waals surface area contributed by atoms with E-state index < -0.39 is 0 Å². The molecule has 0 amide bonds. The molecule has 0 radical (unpaired) electrons. The molecule has 1 fully saturated rings. The molecule has 1 atom stereocenters. The molecule has 3 rings (SSSR count). The molecular formula is C14H18N2OS. The van der Waals surface area contributed by atoms with Crippen LogP contribution in [0, 0.1) is 5.92 Å². The van der Waals surface area contributed by atoms with E-state index in [0.29, 0.717) is 5.92 Å². The molecule has 1 aliphatic heterocycles. The zero-order valence-electron chi connectivity index (χ0n) is 10.3. The number of hydrazine groups is 1. The summed E-state index contributed by atoms with van der Waals surface area (Å²) in [5.74, 6) is 6.37. The van der Waals surface area contributed by atoms with Crippen LogP contribution < -0.4 is 11.3 Å². The summed E-state index contributed by atoms with van der Waals surface area (Å²) < 4.78 is 6.77. The first-order valence-electron chi connectivity index (χ1n) is 6.40. The third-order valence-electron chi connectivity index (χ3n) is 3.76. The largest absolute Gasteiger partial charge is 0.381 e. The van der Waals surface area contributed by atoms with E-state index in [1.165, 1.54) is 15.6 Å². The van der Waals surface area contributed by atoms with Crippen LogP contribution in [0.4, 0.5) is 0 Å². The lowest BCUT2D eigenvalue weighted by molar-refractivity contribution is 0.0538. The highest BCUT2D eigenvalue weighted by atomic mass is 32.1. The molecule has 96 valence electrons. The maximum Gasteiger partial charge on any atom is 0.0504 e. The zero-order chi connectivity index (χ0) is 12.4. The lowest BCUT2D eigenvalue weighted by Gasteiger charge is -2.29. The number of ether oxygens (including phenoxy) is 1. The molecule has 4 heteroatoms. The average molecular weight is 262 g/mol. The molecule has 1 saturated heterocycles. The Morgan fingerprint density at radius 3 is 2.83 bits per heavy atom. The van der Waals surface area contributed by atoms with E-state index in [4.69, 9.17) is 10.6 Å². The molecule has 2 heterocycles. The maximum atomic E-state index is 5.80. The number of thiophene rings is 1. The third-order valence-corrected chi connectivity index (χ3v) is 4.74. The number of nitrogens with one attached hydrogen (secondary N) is 1. The van der Waals surface area contributed by atoms with Gasteiger partial charge in [-0.25, -0.2) is 0 Å². The summed E-state index contributed by atoms with van der Waals surface area (Å²) in [7, 11) is 0. The zero-order valence-corrected chi connectivity index (χ0v) is 11.1. The standard InChI is InChI=1S/C14H18N2OS/c15-16-14(10-5-7-17-8-6-10)12-9-18-13-4-2-1-3-11(12)13/h1-4,9-10,14,16H,5-8,15H2. The Hall–Kier alpha value is -0.940.